The average molecular weight is 325 g/mol. The molecule has 1 aliphatic carbocycles. The van der Waals surface area contributed by atoms with Crippen molar-refractivity contribution in [2.24, 2.45) is 17.3 Å². The van der Waals surface area contributed by atoms with Crippen molar-refractivity contribution in [3.05, 3.63) is 11.8 Å². The lowest BCUT2D eigenvalue weighted by Gasteiger charge is -2.57. The van der Waals surface area contributed by atoms with Gasteiger partial charge >= 0.3 is 5.97 Å². The molecule has 0 aromatic heterocycles. The molecule has 23 heavy (non-hydrogen) atoms. The second-order valence-electron chi connectivity index (χ2n) is 7.05. The molecule has 0 bridgehead atoms. The van der Waals surface area contributed by atoms with E-state index in [0.29, 0.717) is 31.5 Å². The summed E-state index contributed by atoms with van der Waals surface area (Å²) in [5, 5.41) is 2.53. The molecule has 1 saturated heterocycles. The minimum absolute atomic E-state index is 0.0348. The molecule has 2 atom stereocenters. The number of carbonyl (C=O) groups excluding carboxylic acids is 2. The van der Waals surface area contributed by atoms with Crippen molar-refractivity contribution in [1.82, 2.24) is 5.32 Å². The fourth-order valence-corrected chi connectivity index (χ4v) is 3.78. The zero-order valence-corrected chi connectivity index (χ0v) is 14.6. The Bertz CT molecular complexity index is 505. The number of amides is 1. The third-order valence-electron chi connectivity index (χ3n) is 5.29. The third kappa shape index (κ3) is 3.58. The molecule has 6 heteroatoms. The van der Waals surface area contributed by atoms with Gasteiger partial charge in [0, 0.05) is 12.8 Å². The largest absolute Gasteiger partial charge is 0.464 e. The number of nitrogens with one attached hydrogen (secondary N) is 1. The lowest BCUT2D eigenvalue weighted by Crippen LogP contribution is -2.56. The van der Waals surface area contributed by atoms with Gasteiger partial charge in [0.25, 0.3) is 0 Å². The van der Waals surface area contributed by atoms with E-state index >= 15 is 0 Å². The number of hydrogen-bond donors (Lipinski definition) is 1. The molecule has 0 unspecified atom stereocenters. The summed E-state index contributed by atoms with van der Waals surface area (Å²) in [4.78, 5) is 22.9. The first-order valence-electron chi connectivity index (χ1n) is 8.04. The van der Waals surface area contributed by atoms with Gasteiger partial charge in [-0.25, -0.2) is 4.79 Å². The number of hydrogen-bond acceptors (Lipinski definition) is 5. The number of rotatable bonds is 5. The van der Waals surface area contributed by atoms with Crippen LogP contribution in [0.2, 0.25) is 0 Å². The minimum Gasteiger partial charge on any atom is -0.464 e. The molecule has 0 spiro atoms. The van der Waals surface area contributed by atoms with Crippen LogP contribution in [0.1, 0.15) is 40.5 Å². The Kier molecular flexibility index (Phi) is 5.16. The number of allylic oxidation sites excluding steroid dienone is 1. The molecule has 2 aliphatic rings. The maximum atomic E-state index is 11.7. The first kappa shape index (κ1) is 17.9. The van der Waals surface area contributed by atoms with Gasteiger partial charge in [0.1, 0.15) is 5.70 Å². The fraction of sp³-hybridized carbons (Fsp3) is 0.765. The average Bonchev–Trinajstić information content (AvgIpc) is 2.90. The molecule has 0 radical (unpaired) electrons. The highest BCUT2D eigenvalue weighted by Gasteiger charge is 2.57. The van der Waals surface area contributed by atoms with Gasteiger partial charge in [-0.1, -0.05) is 19.9 Å². The van der Waals surface area contributed by atoms with E-state index in [1.54, 1.807) is 6.08 Å². The van der Waals surface area contributed by atoms with Crippen LogP contribution in [0.25, 0.3) is 0 Å². The Hall–Kier alpha value is -1.40. The Morgan fingerprint density at radius 3 is 2.35 bits per heavy atom. The smallest absolute Gasteiger partial charge is 0.354 e. The summed E-state index contributed by atoms with van der Waals surface area (Å²) >= 11 is 0. The molecule has 0 aromatic carbocycles. The van der Waals surface area contributed by atoms with Gasteiger partial charge in [0.15, 0.2) is 5.79 Å². The second kappa shape index (κ2) is 6.61. The molecule has 1 amide bonds. The van der Waals surface area contributed by atoms with Gasteiger partial charge in [-0.05, 0) is 31.1 Å². The van der Waals surface area contributed by atoms with Crippen molar-refractivity contribution in [3.8, 4) is 0 Å². The monoisotopic (exact) mass is 325 g/mol. The van der Waals surface area contributed by atoms with E-state index in [1.807, 2.05) is 6.92 Å². The van der Waals surface area contributed by atoms with Gasteiger partial charge in [-0.3, -0.25) is 4.79 Å². The van der Waals surface area contributed by atoms with E-state index in [9.17, 15) is 9.59 Å². The number of carbonyl (C=O) groups is 2. The SMILES string of the molecule is COC(=O)/C(=C/C[C@H]1C[C@@H](C2(C)OCCO2)C1(C)C)NC(C)=O. The second-order valence-corrected chi connectivity index (χ2v) is 7.05. The topological polar surface area (TPSA) is 73.9 Å². The minimum atomic E-state index is -0.525. The van der Waals surface area contributed by atoms with Crippen LogP contribution >= 0.6 is 0 Å². The molecule has 1 aliphatic heterocycles. The number of methoxy groups -OCH3 is 1. The van der Waals surface area contributed by atoms with Gasteiger partial charge in [0.05, 0.1) is 20.3 Å². The summed E-state index contributed by atoms with van der Waals surface area (Å²) in [7, 11) is 1.30. The van der Waals surface area contributed by atoms with Crippen molar-refractivity contribution < 1.29 is 23.8 Å². The van der Waals surface area contributed by atoms with Gasteiger partial charge < -0.3 is 19.5 Å². The standard InChI is InChI=1S/C17H27NO5/c1-11(19)18-13(15(20)21-5)7-6-12-10-14(16(12,2)3)17(4)22-8-9-23-17/h7,12,14H,6,8-10H2,1-5H3,(H,18,19)/b13-7-/t12-,14+/m0/s1. The highest BCUT2D eigenvalue weighted by atomic mass is 16.7. The van der Waals surface area contributed by atoms with Crippen LogP contribution in [0.5, 0.6) is 0 Å². The highest BCUT2D eigenvalue weighted by Crippen LogP contribution is 2.58. The molecule has 6 nitrogen and oxygen atoms in total. The van der Waals surface area contributed by atoms with Crippen molar-refractivity contribution >= 4 is 11.9 Å². The Labute approximate surface area is 137 Å². The molecular weight excluding hydrogens is 298 g/mol. The summed E-state index contributed by atoms with van der Waals surface area (Å²) in [6.45, 7) is 9.06. The van der Waals surface area contributed by atoms with E-state index in [1.165, 1.54) is 14.0 Å². The maximum absolute atomic E-state index is 11.7. The first-order valence-corrected chi connectivity index (χ1v) is 8.04. The lowest BCUT2D eigenvalue weighted by molar-refractivity contribution is -0.252. The van der Waals surface area contributed by atoms with Crippen LogP contribution in [-0.4, -0.2) is 38.0 Å². The lowest BCUT2D eigenvalue weighted by atomic mass is 9.51. The van der Waals surface area contributed by atoms with Crippen LogP contribution in [0.15, 0.2) is 11.8 Å². The zero-order chi connectivity index (χ0) is 17.3. The van der Waals surface area contributed by atoms with Gasteiger partial charge in [0.2, 0.25) is 5.91 Å². The van der Waals surface area contributed by atoms with Crippen LogP contribution in [-0.2, 0) is 23.8 Å². The van der Waals surface area contributed by atoms with E-state index in [2.05, 4.69) is 19.2 Å². The highest BCUT2D eigenvalue weighted by molar-refractivity contribution is 5.93. The molecular formula is C17H27NO5. The summed E-state index contributed by atoms with van der Waals surface area (Å²) < 4.78 is 16.3. The van der Waals surface area contributed by atoms with E-state index in [0.717, 1.165) is 6.42 Å². The van der Waals surface area contributed by atoms with Crippen LogP contribution in [0.3, 0.4) is 0 Å². The van der Waals surface area contributed by atoms with E-state index < -0.39 is 11.8 Å². The molecule has 130 valence electrons. The van der Waals surface area contributed by atoms with Crippen molar-refractivity contribution in [3.63, 3.8) is 0 Å². The summed E-state index contributed by atoms with van der Waals surface area (Å²) in [6.07, 6.45) is 3.42. The van der Waals surface area contributed by atoms with E-state index in [-0.39, 0.29) is 17.0 Å². The maximum Gasteiger partial charge on any atom is 0.354 e. The number of esters is 1. The van der Waals surface area contributed by atoms with Crippen LogP contribution < -0.4 is 5.32 Å². The molecule has 0 aromatic rings. The molecule has 2 rings (SSSR count). The Morgan fingerprint density at radius 1 is 1.26 bits per heavy atom. The number of ether oxygens (including phenoxy) is 3. The summed E-state index contributed by atoms with van der Waals surface area (Å²) in [5.74, 6) is -0.605. The molecule has 2 fully saturated rings. The zero-order valence-electron chi connectivity index (χ0n) is 14.6. The molecule has 1 heterocycles. The Balaban J connectivity index is 2.02. The summed E-state index contributed by atoms with van der Waals surface area (Å²) in [5.41, 5.74) is 0.242. The summed E-state index contributed by atoms with van der Waals surface area (Å²) in [6, 6.07) is 0. The van der Waals surface area contributed by atoms with Gasteiger partial charge in [-0.15, -0.1) is 0 Å². The quantitative estimate of drug-likeness (QED) is 0.618. The predicted octanol–water partition coefficient (Wildman–Crippen LogP) is 1.99. The fourth-order valence-electron chi connectivity index (χ4n) is 3.78. The van der Waals surface area contributed by atoms with Crippen molar-refractivity contribution in [1.29, 1.82) is 0 Å². The van der Waals surface area contributed by atoms with Crippen molar-refractivity contribution in [2.45, 2.75) is 46.3 Å². The molecule has 1 saturated carbocycles. The third-order valence-corrected chi connectivity index (χ3v) is 5.29. The Morgan fingerprint density at radius 2 is 1.87 bits per heavy atom. The van der Waals surface area contributed by atoms with Crippen LogP contribution in [0.4, 0.5) is 0 Å². The predicted molar refractivity (Wildman–Crippen MR) is 84.2 cm³/mol. The molecule has 1 N–H and O–H groups in total. The van der Waals surface area contributed by atoms with Crippen molar-refractivity contribution in [2.75, 3.05) is 20.3 Å². The normalized spacial score (nSPS) is 28.8. The van der Waals surface area contributed by atoms with E-state index in [4.69, 9.17) is 14.2 Å². The van der Waals surface area contributed by atoms with Crippen LogP contribution in [0, 0.1) is 17.3 Å². The van der Waals surface area contributed by atoms with Gasteiger partial charge in [-0.2, -0.15) is 0 Å². The first-order chi connectivity index (χ1) is 10.7.